The summed E-state index contributed by atoms with van der Waals surface area (Å²) in [6.45, 7) is 0. The lowest BCUT2D eigenvalue weighted by Gasteiger charge is -2.37. The molecular formula is C16H20Cl2N3O2+. The Hall–Kier alpha value is -1.30. The second-order valence-electron chi connectivity index (χ2n) is 6.24. The Kier molecular flexibility index (Phi) is 5.09. The average Bonchev–Trinajstić information content (AvgIpc) is 2.51. The Labute approximate surface area is 145 Å². The van der Waals surface area contributed by atoms with Crippen molar-refractivity contribution < 1.29 is 14.9 Å². The Morgan fingerprint density at radius 2 is 2.04 bits per heavy atom. The standard InChI is InChI=1S/C16H19Cl2N3O2/c17-10-6-5-9(7-11(10)18)19-15(22)8-14-16(23)21-13-4-2-1-3-12(13)20-14/h5-7,12-14,20H,1-4,8H2,(H,19,22)(H,21,23)/p+1/t12-,13-,14+/m0/s1. The van der Waals surface area contributed by atoms with E-state index in [1.165, 1.54) is 6.42 Å². The molecule has 0 aromatic heterocycles. The number of anilines is 1. The number of hydrogen-bond acceptors (Lipinski definition) is 2. The SMILES string of the molecule is O=C(C[C@H]1[NH2+][C@H]2CCCC[C@@H]2NC1=O)Nc1ccc(Cl)c(Cl)c1. The number of quaternary nitrogens is 1. The topological polar surface area (TPSA) is 74.8 Å². The first-order valence-electron chi connectivity index (χ1n) is 7.93. The van der Waals surface area contributed by atoms with Gasteiger partial charge >= 0.3 is 0 Å². The van der Waals surface area contributed by atoms with E-state index in [1.807, 2.05) is 0 Å². The van der Waals surface area contributed by atoms with Crippen LogP contribution in [0.4, 0.5) is 5.69 Å². The highest BCUT2D eigenvalue weighted by Crippen LogP contribution is 2.25. The third-order valence-corrected chi connectivity index (χ3v) is 5.31. The first-order valence-corrected chi connectivity index (χ1v) is 8.69. The summed E-state index contributed by atoms with van der Waals surface area (Å²) in [5, 5.41) is 8.72. The zero-order chi connectivity index (χ0) is 16.4. The van der Waals surface area contributed by atoms with Crippen molar-refractivity contribution in [1.29, 1.82) is 0 Å². The van der Waals surface area contributed by atoms with Gasteiger partial charge < -0.3 is 16.0 Å². The van der Waals surface area contributed by atoms with Crippen LogP contribution in [0.2, 0.25) is 10.0 Å². The summed E-state index contributed by atoms with van der Waals surface area (Å²) in [5.74, 6) is -0.244. The summed E-state index contributed by atoms with van der Waals surface area (Å²) in [7, 11) is 0. The summed E-state index contributed by atoms with van der Waals surface area (Å²) in [6, 6.07) is 5.20. The number of amides is 2. The Morgan fingerprint density at radius 1 is 1.26 bits per heavy atom. The predicted molar refractivity (Wildman–Crippen MR) is 89.6 cm³/mol. The van der Waals surface area contributed by atoms with Crippen LogP contribution in [0.1, 0.15) is 32.1 Å². The molecule has 0 spiro atoms. The first-order chi connectivity index (χ1) is 11.0. The molecule has 3 rings (SSSR count). The van der Waals surface area contributed by atoms with Crippen LogP contribution in [0.3, 0.4) is 0 Å². The number of fused-ring (bicyclic) bond motifs is 1. The van der Waals surface area contributed by atoms with E-state index >= 15 is 0 Å². The van der Waals surface area contributed by atoms with Crippen molar-refractivity contribution in [2.75, 3.05) is 5.32 Å². The van der Waals surface area contributed by atoms with Gasteiger partial charge in [0.2, 0.25) is 5.91 Å². The fourth-order valence-corrected chi connectivity index (χ4v) is 3.69. The van der Waals surface area contributed by atoms with Crippen molar-refractivity contribution >= 4 is 40.7 Å². The quantitative estimate of drug-likeness (QED) is 0.770. The fourth-order valence-electron chi connectivity index (χ4n) is 3.39. The molecule has 1 aromatic carbocycles. The third kappa shape index (κ3) is 3.97. The van der Waals surface area contributed by atoms with Crippen molar-refractivity contribution in [3.63, 3.8) is 0 Å². The highest BCUT2D eigenvalue weighted by atomic mass is 35.5. The molecule has 1 saturated carbocycles. The zero-order valence-electron chi connectivity index (χ0n) is 12.6. The van der Waals surface area contributed by atoms with Gasteiger partial charge in [-0.1, -0.05) is 29.6 Å². The van der Waals surface area contributed by atoms with Gasteiger partial charge in [-0.3, -0.25) is 9.59 Å². The molecule has 1 aliphatic carbocycles. The lowest BCUT2D eigenvalue weighted by atomic mass is 9.87. The Balaban J connectivity index is 1.58. The monoisotopic (exact) mass is 356 g/mol. The maximum absolute atomic E-state index is 12.2. The molecule has 1 aliphatic heterocycles. The van der Waals surface area contributed by atoms with Gasteiger partial charge in [-0.2, -0.15) is 0 Å². The molecule has 7 heteroatoms. The van der Waals surface area contributed by atoms with Crippen LogP contribution in [0.5, 0.6) is 0 Å². The van der Waals surface area contributed by atoms with Crippen LogP contribution in [0.25, 0.3) is 0 Å². The number of nitrogens with two attached hydrogens (primary N) is 1. The van der Waals surface area contributed by atoms with Gasteiger partial charge in [-0.05, 0) is 31.0 Å². The number of halogens is 2. The van der Waals surface area contributed by atoms with E-state index in [0.29, 0.717) is 21.8 Å². The minimum absolute atomic E-state index is 0.0440. The minimum Gasteiger partial charge on any atom is -0.342 e. The molecule has 3 atom stereocenters. The van der Waals surface area contributed by atoms with E-state index in [9.17, 15) is 9.59 Å². The summed E-state index contributed by atoms with van der Waals surface area (Å²) in [5.41, 5.74) is 0.580. The zero-order valence-corrected chi connectivity index (χ0v) is 14.2. The van der Waals surface area contributed by atoms with Crippen LogP contribution in [-0.4, -0.2) is 29.9 Å². The number of nitrogens with one attached hydrogen (secondary N) is 2. The van der Waals surface area contributed by atoms with E-state index in [1.54, 1.807) is 18.2 Å². The number of carbonyl (C=O) groups excluding carboxylic acids is 2. The number of rotatable bonds is 3. The normalized spacial score (nSPS) is 27.0. The average molecular weight is 357 g/mol. The Morgan fingerprint density at radius 3 is 2.83 bits per heavy atom. The van der Waals surface area contributed by atoms with E-state index in [4.69, 9.17) is 23.2 Å². The molecule has 0 radical (unpaired) electrons. The molecule has 124 valence electrons. The summed E-state index contributed by atoms with van der Waals surface area (Å²) >= 11 is 11.8. The Bertz CT molecular complexity index is 623. The van der Waals surface area contributed by atoms with E-state index < -0.39 is 0 Å². The fraction of sp³-hybridized carbons (Fsp3) is 0.500. The summed E-state index contributed by atoms with van der Waals surface area (Å²) in [6.07, 6.45) is 4.63. The van der Waals surface area contributed by atoms with Gasteiger partial charge in [0, 0.05) is 12.1 Å². The number of hydrogen-bond donors (Lipinski definition) is 3. The highest BCUT2D eigenvalue weighted by Gasteiger charge is 2.40. The molecule has 1 saturated heterocycles. The molecular weight excluding hydrogens is 337 g/mol. The van der Waals surface area contributed by atoms with Crippen LogP contribution >= 0.6 is 23.2 Å². The molecule has 0 bridgehead atoms. The van der Waals surface area contributed by atoms with E-state index in [0.717, 1.165) is 19.3 Å². The second-order valence-corrected chi connectivity index (χ2v) is 7.06. The first kappa shape index (κ1) is 16.6. The van der Waals surface area contributed by atoms with Crippen molar-refractivity contribution in [1.82, 2.24) is 5.32 Å². The van der Waals surface area contributed by atoms with Gasteiger partial charge in [-0.25, -0.2) is 0 Å². The minimum atomic E-state index is -0.364. The van der Waals surface area contributed by atoms with Crippen LogP contribution in [0, 0.1) is 0 Å². The summed E-state index contributed by atoms with van der Waals surface area (Å²) in [4.78, 5) is 24.4. The van der Waals surface area contributed by atoms with Crippen molar-refractivity contribution in [2.45, 2.75) is 50.2 Å². The van der Waals surface area contributed by atoms with Crippen molar-refractivity contribution in [2.24, 2.45) is 0 Å². The molecule has 2 fully saturated rings. The van der Waals surface area contributed by atoms with Crippen LogP contribution in [-0.2, 0) is 9.59 Å². The number of benzene rings is 1. The highest BCUT2D eigenvalue weighted by molar-refractivity contribution is 6.42. The molecule has 1 aromatic rings. The smallest absolute Gasteiger partial charge is 0.279 e. The molecule has 1 heterocycles. The van der Waals surface area contributed by atoms with Crippen molar-refractivity contribution in [3.8, 4) is 0 Å². The maximum atomic E-state index is 12.2. The lowest BCUT2D eigenvalue weighted by Crippen LogP contribution is -3.03. The number of piperazine rings is 1. The molecule has 5 nitrogen and oxygen atoms in total. The van der Waals surface area contributed by atoms with E-state index in [2.05, 4.69) is 16.0 Å². The maximum Gasteiger partial charge on any atom is 0.279 e. The molecule has 0 unspecified atom stereocenters. The van der Waals surface area contributed by atoms with E-state index in [-0.39, 0.29) is 30.3 Å². The summed E-state index contributed by atoms with van der Waals surface area (Å²) < 4.78 is 0. The van der Waals surface area contributed by atoms with Crippen LogP contribution < -0.4 is 16.0 Å². The number of carbonyl (C=O) groups is 2. The lowest BCUT2D eigenvalue weighted by molar-refractivity contribution is -0.718. The van der Waals surface area contributed by atoms with Gasteiger partial charge in [0.15, 0.2) is 6.04 Å². The third-order valence-electron chi connectivity index (χ3n) is 4.57. The van der Waals surface area contributed by atoms with Gasteiger partial charge in [0.25, 0.3) is 5.91 Å². The molecule has 4 N–H and O–H groups in total. The van der Waals surface area contributed by atoms with Gasteiger partial charge in [-0.15, -0.1) is 0 Å². The molecule has 2 aliphatic rings. The van der Waals surface area contributed by atoms with Crippen LogP contribution in [0.15, 0.2) is 18.2 Å². The van der Waals surface area contributed by atoms with Gasteiger partial charge in [0.1, 0.15) is 6.04 Å². The molecule has 23 heavy (non-hydrogen) atoms. The second kappa shape index (κ2) is 7.07. The molecule has 2 amide bonds. The predicted octanol–water partition coefficient (Wildman–Crippen LogP) is 1.69. The van der Waals surface area contributed by atoms with Crippen molar-refractivity contribution in [3.05, 3.63) is 28.2 Å². The largest absolute Gasteiger partial charge is 0.342 e. The van der Waals surface area contributed by atoms with Gasteiger partial charge in [0.05, 0.1) is 22.5 Å².